The van der Waals surface area contributed by atoms with Crippen LogP contribution in [0.3, 0.4) is 0 Å². The van der Waals surface area contributed by atoms with Crippen LogP contribution in [0.2, 0.25) is 0 Å². The molecule has 0 fully saturated rings. The largest absolute Gasteiger partial charge is 0.360 e. The molecule has 4 nitrogen and oxygen atoms in total. The van der Waals surface area contributed by atoms with Crippen molar-refractivity contribution >= 4 is 11.6 Å². The summed E-state index contributed by atoms with van der Waals surface area (Å²) in [5.41, 5.74) is 4.33. The normalized spacial score (nSPS) is 11.2. The van der Waals surface area contributed by atoms with E-state index in [0.717, 1.165) is 16.8 Å². The minimum absolute atomic E-state index is 0.0129. The van der Waals surface area contributed by atoms with Crippen molar-refractivity contribution in [3.8, 4) is 6.07 Å². The first kappa shape index (κ1) is 19.3. The summed E-state index contributed by atoms with van der Waals surface area (Å²) >= 11 is 0. The van der Waals surface area contributed by atoms with Crippen molar-refractivity contribution in [3.05, 3.63) is 77.0 Å². The first-order chi connectivity index (χ1) is 12.4. The van der Waals surface area contributed by atoms with Crippen molar-refractivity contribution in [1.29, 1.82) is 5.26 Å². The number of hydrogen-bond acceptors (Lipinski definition) is 3. The van der Waals surface area contributed by atoms with Gasteiger partial charge in [-0.15, -0.1) is 0 Å². The van der Waals surface area contributed by atoms with Crippen LogP contribution in [-0.2, 0) is 11.3 Å². The standard InChI is InChI=1S/C22H25N3O/c1-16(2)25(15-19-8-6-5-7-9-19)22(26)20(13-23)14-24-21-11-10-17(3)18(4)12-21/h5-12,14,16,24H,15H2,1-4H3/b20-14-. The smallest absolute Gasteiger partial charge is 0.266 e. The molecule has 4 heteroatoms. The fourth-order valence-corrected chi connectivity index (χ4v) is 2.55. The van der Waals surface area contributed by atoms with Gasteiger partial charge in [-0.2, -0.15) is 5.26 Å². The highest BCUT2D eigenvalue weighted by molar-refractivity contribution is 5.97. The summed E-state index contributed by atoms with van der Waals surface area (Å²) < 4.78 is 0. The van der Waals surface area contributed by atoms with Crippen LogP contribution in [0, 0.1) is 25.2 Å². The Kier molecular flexibility index (Phi) is 6.57. The molecule has 0 saturated carbocycles. The van der Waals surface area contributed by atoms with Crippen LogP contribution < -0.4 is 5.32 Å². The van der Waals surface area contributed by atoms with Gasteiger partial charge in [0.2, 0.25) is 0 Å². The van der Waals surface area contributed by atoms with E-state index in [1.165, 1.54) is 11.8 Å². The zero-order valence-electron chi connectivity index (χ0n) is 15.8. The molecule has 0 aliphatic rings. The van der Waals surface area contributed by atoms with E-state index in [4.69, 9.17) is 0 Å². The zero-order valence-corrected chi connectivity index (χ0v) is 15.8. The fraction of sp³-hybridized carbons (Fsp3) is 0.273. The van der Waals surface area contributed by atoms with E-state index in [2.05, 4.69) is 5.32 Å². The van der Waals surface area contributed by atoms with Gasteiger partial charge in [0.15, 0.2) is 0 Å². The predicted octanol–water partition coefficient (Wildman–Crippen LogP) is 4.56. The molecule has 0 bridgehead atoms. The van der Waals surface area contributed by atoms with Crippen LogP contribution in [0.15, 0.2) is 60.3 Å². The van der Waals surface area contributed by atoms with Crippen LogP contribution in [-0.4, -0.2) is 16.8 Å². The second-order valence-corrected chi connectivity index (χ2v) is 6.63. The van der Waals surface area contributed by atoms with Crippen molar-refractivity contribution in [3.63, 3.8) is 0 Å². The Bertz CT molecular complexity index is 832. The molecule has 0 aliphatic heterocycles. The number of benzene rings is 2. The first-order valence-corrected chi connectivity index (χ1v) is 8.71. The average Bonchev–Trinajstić information content (AvgIpc) is 2.63. The number of aryl methyl sites for hydroxylation is 2. The Morgan fingerprint density at radius 2 is 1.85 bits per heavy atom. The molecule has 1 amide bonds. The molecular formula is C22H25N3O. The van der Waals surface area contributed by atoms with E-state index in [-0.39, 0.29) is 17.5 Å². The highest BCUT2D eigenvalue weighted by Crippen LogP contribution is 2.16. The minimum Gasteiger partial charge on any atom is -0.360 e. The first-order valence-electron chi connectivity index (χ1n) is 8.71. The molecule has 0 aromatic heterocycles. The lowest BCUT2D eigenvalue weighted by atomic mass is 10.1. The molecule has 0 heterocycles. The van der Waals surface area contributed by atoms with E-state index in [9.17, 15) is 10.1 Å². The molecule has 2 aromatic rings. The van der Waals surface area contributed by atoms with E-state index in [0.29, 0.717) is 6.54 Å². The van der Waals surface area contributed by atoms with Crippen LogP contribution in [0.5, 0.6) is 0 Å². The van der Waals surface area contributed by atoms with E-state index >= 15 is 0 Å². The Labute approximate surface area is 155 Å². The van der Waals surface area contributed by atoms with Gasteiger partial charge in [-0.25, -0.2) is 0 Å². The third kappa shape index (κ3) is 4.97. The lowest BCUT2D eigenvalue weighted by molar-refractivity contribution is -0.129. The van der Waals surface area contributed by atoms with Gasteiger partial charge in [0.25, 0.3) is 5.91 Å². The molecule has 0 atom stereocenters. The van der Waals surface area contributed by atoms with Crippen LogP contribution in [0.4, 0.5) is 5.69 Å². The highest BCUT2D eigenvalue weighted by Gasteiger charge is 2.21. The van der Waals surface area contributed by atoms with E-state index < -0.39 is 0 Å². The van der Waals surface area contributed by atoms with Crippen molar-refractivity contribution in [2.24, 2.45) is 0 Å². The Morgan fingerprint density at radius 3 is 2.42 bits per heavy atom. The predicted molar refractivity (Wildman–Crippen MR) is 105 cm³/mol. The third-order valence-corrected chi connectivity index (χ3v) is 4.32. The van der Waals surface area contributed by atoms with E-state index in [1.807, 2.05) is 82.3 Å². The summed E-state index contributed by atoms with van der Waals surface area (Å²) in [6.07, 6.45) is 1.49. The molecule has 0 radical (unpaired) electrons. The Hall–Kier alpha value is -3.06. The maximum Gasteiger partial charge on any atom is 0.266 e. The highest BCUT2D eigenvalue weighted by atomic mass is 16.2. The number of carbonyl (C=O) groups is 1. The lowest BCUT2D eigenvalue weighted by Gasteiger charge is -2.26. The van der Waals surface area contributed by atoms with Crippen molar-refractivity contribution in [2.45, 2.75) is 40.3 Å². The molecule has 0 saturated heterocycles. The summed E-state index contributed by atoms with van der Waals surface area (Å²) in [7, 11) is 0. The molecule has 134 valence electrons. The summed E-state index contributed by atoms with van der Waals surface area (Å²) in [6.45, 7) is 8.45. The number of anilines is 1. The topological polar surface area (TPSA) is 56.1 Å². The quantitative estimate of drug-likeness (QED) is 0.615. The monoisotopic (exact) mass is 347 g/mol. The van der Waals surface area contributed by atoms with Crippen molar-refractivity contribution in [2.75, 3.05) is 5.32 Å². The van der Waals surface area contributed by atoms with Crippen LogP contribution in [0.25, 0.3) is 0 Å². The molecule has 2 aromatic carbocycles. The third-order valence-electron chi connectivity index (χ3n) is 4.32. The number of rotatable bonds is 6. The van der Waals surface area contributed by atoms with Gasteiger partial charge in [0.05, 0.1) is 0 Å². The summed E-state index contributed by atoms with van der Waals surface area (Å²) in [4.78, 5) is 14.6. The molecule has 1 N–H and O–H groups in total. The van der Waals surface area contributed by atoms with Gasteiger partial charge >= 0.3 is 0 Å². The maximum atomic E-state index is 12.9. The summed E-state index contributed by atoms with van der Waals surface area (Å²) in [5, 5.41) is 12.5. The van der Waals surface area contributed by atoms with Gasteiger partial charge in [-0.1, -0.05) is 36.4 Å². The number of hydrogen-bond donors (Lipinski definition) is 1. The van der Waals surface area contributed by atoms with Crippen LogP contribution >= 0.6 is 0 Å². The lowest BCUT2D eigenvalue weighted by Crippen LogP contribution is -2.37. The Morgan fingerprint density at radius 1 is 1.15 bits per heavy atom. The Balaban J connectivity index is 2.18. The fourth-order valence-electron chi connectivity index (χ4n) is 2.55. The van der Waals surface area contributed by atoms with Gasteiger partial charge in [0.1, 0.15) is 11.6 Å². The second kappa shape index (κ2) is 8.87. The average molecular weight is 347 g/mol. The van der Waals surface area contributed by atoms with Crippen molar-refractivity contribution < 1.29 is 4.79 Å². The molecule has 0 unspecified atom stereocenters. The van der Waals surface area contributed by atoms with Gasteiger partial charge in [-0.3, -0.25) is 4.79 Å². The number of nitrogens with one attached hydrogen (secondary N) is 1. The molecule has 0 spiro atoms. The second-order valence-electron chi connectivity index (χ2n) is 6.63. The molecule has 26 heavy (non-hydrogen) atoms. The zero-order chi connectivity index (χ0) is 19.1. The number of nitriles is 1. The van der Waals surface area contributed by atoms with Crippen LogP contribution in [0.1, 0.15) is 30.5 Å². The van der Waals surface area contributed by atoms with Gasteiger partial charge in [-0.05, 0) is 56.5 Å². The minimum atomic E-state index is -0.275. The summed E-state index contributed by atoms with van der Waals surface area (Å²) in [6, 6.07) is 17.7. The molecule has 0 aliphatic carbocycles. The number of nitrogens with zero attached hydrogens (tertiary/aromatic N) is 2. The number of carbonyl (C=O) groups excluding carboxylic acids is 1. The van der Waals surface area contributed by atoms with Gasteiger partial charge in [0, 0.05) is 24.5 Å². The SMILES string of the molecule is Cc1ccc(N/C=C(/C#N)C(=O)N(Cc2ccccc2)C(C)C)cc1C. The molecule has 2 rings (SSSR count). The van der Waals surface area contributed by atoms with E-state index in [1.54, 1.807) is 4.90 Å². The van der Waals surface area contributed by atoms with Crippen molar-refractivity contribution in [1.82, 2.24) is 4.90 Å². The van der Waals surface area contributed by atoms with Gasteiger partial charge < -0.3 is 10.2 Å². The molecular weight excluding hydrogens is 322 g/mol. The maximum absolute atomic E-state index is 12.9. The number of amides is 1. The summed E-state index contributed by atoms with van der Waals surface area (Å²) in [5.74, 6) is -0.275.